The van der Waals surface area contributed by atoms with Gasteiger partial charge >= 0.3 is 0 Å². The van der Waals surface area contributed by atoms with E-state index in [1.54, 1.807) is 24.3 Å². The summed E-state index contributed by atoms with van der Waals surface area (Å²) in [4.78, 5) is 25.3. The highest BCUT2D eigenvalue weighted by atomic mass is 16.5. The highest BCUT2D eigenvalue weighted by molar-refractivity contribution is 5.94. The van der Waals surface area contributed by atoms with Crippen molar-refractivity contribution in [3.05, 3.63) is 29.8 Å². The minimum absolute atomic E-state index is 0.0235. The summed E-state index contributed by atoms with van der Waals surface area (Å²) in [5, 5.41) is 3.43. The van der Waals surface area contributed by atoms with E-state index in [2.05, 4.69) is 5.32 Å². The summed E-state index contributed by atoms with van der Waals surface area (Å²) in [6, 6.07) is 6.93. The lowest BCUT2D eigenvalue weighted by atomic mass is 9.78. The van der Waals surface area contributed by atoms with Gasteiger partial charge in [-0.3, -0.25) is 9.59 Å². The van der Waals surface area contributed by atoms with Crippen LogP contribution in [-0.4, -0.2) is 49.5 Å². The van der Waals surface area contributed by atoms with Crippen molar-refractivity contribution in [2.45, 2.75) is 19.3 Å². The summed E-state index contributed by atoms with van der Waals surface area (Å²) in [6.07, 6.45) is 3.33. The van der Waals surface area contributed by atoms with E-state index >= 15 is 0 Å². The molecule has 2 amide bonds. The molecular formula is C17H23N3O3. The molecule has 0 radical (unpaired) electrons. The SMILES string of the molecule is NC(=O)COc1cccc(C(=O)N2CCC3(CCNC3)CC2)c1. The second-order valence-corrected chi connectivity index (χ2v) is 6.50. The monoisotopic (exact) mass is 317 g/mol. The third kappa shape index (κ3) is 3.64. The Balaban J connectivity index is 1.62. The van der Waals surface area contributed by atoms with E-state index in [1.807, 2.05) is 4.90 Å². The number of hydrogen-bond donors (Lipinski definition) is 2. The van der Waals surface area contributed by atoms with Gasteiger partial charge in [0, 0.05) is 25.2 Å². The average Bonchev–Trinajstić information content (AvgIpc) is 3.01. The number of hydrogen-bond acceptors (Lipinski definition) is 4. The Morgan fingerprint density at radius 1 is 1.26 bits per heavy atom. The van der Waals surface area contributed by atoms with Gasteiger partial charge in [-0.15, -0.1) is 0 Å². The van der Waals surface area contributed by atoms with Crippen molar-refractivity contribution in [3.63, 3.8) is 0 Å². The second kappa shape index (κ2) is 6.58. The number of primary amides is 1. The van der Waals surface area contributed by atoms with Gasteiger partial charge in [-0.2, -0.15) is 0 Å². The number of nitrogens with one attached hydrogen (secondary N) is 1. The smallest absolute Gasteiger partial charge is 0.255 e. The molecule has 2 heterocycles. The van der Waals surface area contributed by atoms with Gasteiger partial charge in [-0.05, 0) is 49.4 Å². The van der Waals surface area contributed by atoms with E-state index in [9.17, 15) is 9.59 Å². The molecule has 0 unspecified atom stereocenters. The van der Waals surface area contributed by atoms with Crippen LogP contribution in [0, 0.1) is 5.41 Å². The van der Waals surface area contributed by atoms with E-state index in [-0.39, 0.29) is 12.5 Å². The number of likely N-dealkylation sites (tertiary alicyclic amines) is 1. The number of rotatable bonds is 4. The Morgan fingerprint density at radius 2 is 2.04 bits per heavy atom. The van der Waals surface area contributed by atoms with Crippen LogP contribution in [0.1, 0.15) is 29.6 Å². The third-order valence-electron chi connectivity index (χ3n) is 4.91. The van der Waals surface area contributed by atoms with Gasteiger partial charge in [0.2, 0.25) is 0 Å². The van der Waals surface area contributed by atoms with Crippen LogP contribution in [0.25, 0.3) is 0 Å². The minimum Gasteiger partial charge on any atom is -0.484 e. The highest BCUT2D eigenvalue weighted by Crippen LogP contribution is 2.37. The molecule has 124 valence electrons. The molecule has 0 aromatic heterocycles. The number of benzene rings is 1. The van der Waals surface area contributed by atoms with Crippen LogP contribution >= 0.6 is 0 Å². The number of nitrogens with two attached hydrogens (primary N) is 1. The lowest BCUT2D eigenvalue weighted by Crippen LogP contribution is -2.44. The van der Waals surface area contributed by atoms with Crippen molar-refractivity contribution in [2.24, 2.45) is 11.1 Å². The van der Waals surface area contributed by atoms with Crippen LogP contribution < -0.4 is 15.8 Å². The van der Waals surface area contributed by atoms with Gasteiger partial charge < -0.3 is 20.7 Å². The van der Waals surface area contributed by atoms with Crippen LogP contribution in [0.4, 0.5) is 0 Å². The fourth-order valence-corrected chi connectivity index (χ4v) is 3.46. The molecule has 1 aromatic carbocycles. The average molecular weight is 317 g/mol. The highest BCUT2D eigenvalue weighted by Gasteiger charge is 2.38. The Morgan fingerprint density at radius 3 is 2.70 bits per heavy atom. The Kier molecular flexibility index (Phi) is 4.52. The summed E-state index contributed by atoms with van der Waals surface area (Å²) in [5.74, 6) is -0.0216. The van der Waals surface area contributed by atoms with Crippen LogP contribution in [0.3, 0.4) is 0 Å². The van der Waals surface area contributed by atoms with Crippen molar-refractivity contribution in [1.82, 2.24) is 10.2 Å². The van der Waals surface area contributed by atoms with E-state index in [1.165, 1.54) is 6.42 Å². The molecule has 23 heavy (non-hydrogen) atoms. The molecule has 2 aliphatic heterocycles. The van der Waals surface area contributed by atoms with Crippen LogP contribution in [0.2, 0.25) is 0 Å². The van der Waals surface area contributed by atoms with Crippen molar-refractivity contribution in [2.75, 3.05) is 32.8 Å². The zero-order chi connectivity index (χ0) is 16.3. The zero-order valence-electron chi connectivity index (χ0n) is 13.2. The lowest BCUT2D eigenvalue weighted by molar-refractivity contribution is -0.119. The number of piperidine rings is 1. The molecule has 3 rings (SSSR count). The van der Waals surface area contributed by atoms with Gasteiger partial charge in [0.25, 0.3) is 11.8 Å². The largest absolute Gasteiger partial charge is 0.484 e. The third-order valence-corrected chi connectivity index (χ3v) is 4.91. The Hall–Kier alpha value is -2.08. The zero-order valence-corrected chi connectivity index (χ0v) is 13.2. The topological polar surface area (TPSA) is 84.7 Å². The quantitative estimate of drug-likeness (QED) is 0.859. The van der Waals surface area contributed by atoms with Gasteiger partial charge in [0.15, 0.2) is 6.61 Å². The maximum Gasteiger partial charge on any atom is 0.255 e. The second-order valence-electron chi connectivity index (χ2n) is 6.50. The fraction of sp³-hybridized carbons (Fsp3) is 0.529. The van der Waals surface area contributed by atoms with Crippen molar-refractivity contribution in [3.8, 4) is 5.75 Å². The normalized spacial score (nSPS) is 19.7. The maximum absolute atomic E-state index is 12.7. The summed E-state index contributed by atoms with van der Waals surface area (Å²) in [7, 11) is 0. The summed E-state index contributed by atoms with van der Waals surface area (Å²) < 4.78 is 5.27. The van der Waals surface area contributed by atoms with Crippen molar-refractivity contribution >= 4 is 11.8 Å². The summed E-state index contributed by atoms with van der Waals surface area (Å²) >= 11 is 0. The molecule has 2 fully saturated rings. The van der Waals surface area contributed by atoms with Gasteiger partial charge in [-0.25, -0.2) is 0 Å². The number of carbonyl (C=O) groups excluding carboxylic acids is 2. The first-order valence-electron chi connectivity index (χ1n) is 8.09. The predicted molar refractivity (Wildman–Crippen MR) is 86.2 cm³/mol. The molecule has 0 aliphatic carbocycles. The molecule has 6 heteroatoms. The molecule has 0 bridgehead atoms. The van der Waals surface area contributed by atoms with Crippen LogP contribution in [0.5, 0.6) is 5.75 Å². The van der Waals surface area contributed by atoms with E-state index < -0.39 is 5.91 Å². The Labute approximate surface area is 136 Å². The molecular weight excluding hydrogens is 294 g/mol. The van der Waals surface area contributed by atoms with Crippen molar-refractivity contribution < 1.29 is 14.3 Å². The minimum atomic E-state index is -0.534. The molecule has 1 aromatic rings. The summed E-state index contributed by atoms with van der Waals surface area (Å²) in [5.41, 5.74) is 6.05. The molecule has 6 nitrogen and oxygen atoms in total. The van der Waals surface area contributed by atoms with Gasteiger partial charge in [0.1, 0.15) is 5.75 Å². The maximum atomic E-state index is 12.7. The molecule has 2 saturated heterocycles. The van der Waals surface area contributed by atoms with Crippen LogP contribution in [-0.2, 0) is 4.79 Å². The van der Waals surface area contributed by atoms with Crippen molar-refractivity contribution in [1.29, 1.82) is 0 Å². The molecule has 0 atom stereocenters. The predicted octanol–water partition coefficient (Wildman–Crippen LogP) is 0.766. The van der Waals surface area contributed by atoms with Gasteiger partial charge in [-0.1, -0.05) is 6.07 Å². The molecule has 3 N–H and O–H groups in total. The lowest BCUT2D eigenvalue weighted by Gasteiger charge is -2.38. The van der Waals surface area contributed by atoms with Gasteiger partial charge in [0.05, 0.1) is 0 Å². The van der Waals surface area contributed by atoms with E-state index in [4.69, 9.17) is 10.5 Å². The Bertz CT molecular complexity index is 587. The molecule has 1 spiro atoms. The first-order valence-corrected chi connectivity index (χ1v) is 8.09. The standard InChI is InChI=1S/C17H23N3O3/c18-15(21)11-23-14-3-1-2-13(10-14)16(22)20-8-5-17(6-9-20)4-7-19-12-17/h1-3,10,19H,4-9,11-12H2,(H2,18,21). The van der Waals surface area contributed by atoms with E-state index in [0.29, 0.717) is 16.7 Å². The fourth-order valence-electron chi connectivity index (χ4n) is 3.46. The number of ether oxygens (including phenoxy) is 1. The number of nitrogens with zero attached hydrogens (tertiary/aromatic N) is 1. The first kappa shape index (κ1) is 15.8. The van der Waals surface area contributed by atoms with Crippen LogP contribution in [0.15, 0.2) is 24.3 Å². The molecule has 0 saturated carbocycles. The number of amides is 2. The first-order chi connectivity index (χ1) is 11.1. The number of carbonyl (C=O) groups is 2. The summed E-state index contributed by atoms with van der Waals surface area (Å²) in [6.45, 7) is 3.58. The van der Waals surface area contributed by atoms with E-state index in [0.717, 1.165) is 39.0 Å². The molecule has 2 aliphatic rings.